The maximum absolute atomic E-state index is 3.16. The van der Waals surface area contributed by atoms with Crippen molar-refractivity contribution >= 4 is 35.9 Å². The minimum Gasteiger partial charge on any atom is -1.00 e. The second-order valence-corrected chi connectivity index (χ2v) is 20.5. The van der Waals surface area contributed by atoms with Gasteiger partial charge in [0.15, 0.2) is 0 Å². The zero-order valence-electron chi connectivity index (χ0n) is 33.5. The van der Waals surface area contributed by atoms with Gasteiger partial charge in [-0.05, 0) is 33.1 Å². The first-order valence-electron chi connectivity index (χ1n) is 18.1. The van der Waals surface area contributed by atoms with Crippen molar-refractivity contribution in [3.63, 3.8) is 0 Å². The van der Waals surface area contributed by atoms with E-state index in [9.17, 15) is 0 Å². The Morgan fingerprint density at radius 1 is 0.667 bits per heavy atom. The fourth-order valence-electron chi connectivity index (χ4n) is 7.50. The van der Waals surface area contributed by atoms with Crippen molar-refractivity contribution in [2.24, 2.45) is 16.2 Å². The Balaban J connectivity index is 0.000000289. The molecule has 0 radical (unpaired) electrons. The summed E-state index contributed by atoms with van der Waals surface area (Å²) < 4.78 is 1.46. The molecule has 0 saturated heterocycles. The largest absolute Gasteiger partial charge is 1.00 e. The van der Waals surface area contributed by atoms with Crippen LogP contribution in [0.2, 0.25) is 0 Å². The third-order valence-corrected chi connectivity index (χ3v) is 11.1. The molecule has 0 atom stereocenters. The van der Waals surface area contributed by atoms with Gasteiger partial charge >= 0.3 is 70.3 Å². The van der Waals surface area contributed by atoms with Gasteiger partial charge in [0.2, 0.25) is 0 Å². The first-order valence-corrected chi connectivity index (χ1v) is 19.3. The molecular weight excluding hydrogens is 739 g/mol. The minimum absolute atomic E-state index is 0. The van der Waals surface area contributed by atoms with Crippen LogP contribution in [-0.2, 0) is 35.1 Å². The summed E-state index contributed by atoms with van der Waals surface area (Å²) in [6.45, 7) is 32.3. The van der Waals surface area contributed by atoms with Crippen LogP contribution in [0.4, 0.5) is 0 Å². The molecule has 0 fully saturated rings. The standard InChI is InChI=1S/C31H37.C9H13.C8H8.2ClH.Zr/c1-28(2,3)26-16-30(7,8)24-12-18-11-19-13-25-23(15-21(19)20(18)14-22(24)26)27(29(4,5)6)17-31(25,9)10;1-9(2,3)8-6-4-5-7-8;1-2-8-6-4-3-5-7-8;;;/h11-17H,1-10H3;6-7H,4H2,1-3H3;3-7H,1H3;2*1H;/q2*-1;;;;+2/p-2. The van der Waals surface area contributed by atoms with E-state index in [4.69, 9.17) is 0 Å². The van der Waals surface area contributed by atoms with Crippen LogP contribution in [0, 0.1) is 22.3 Å². The van der Waals surface area contributed by atoms with Gasteiger partial charge < -0.3 is 24.8 Å². The summed E-state index contributed by atoms with van der Waals surface area (Å²) in [6.07, 6.45) is 13.5. The molecule has 0 bridgehead atoms. The molecule has 0 aromatic heterocycles. The summed E-state index contributed by atoms with van der Waals surface area (Å²) in [6, 6.07) is 22.8. The van der Waals surface area contributed by atoms with Gasteiger partial charge in [-0.2, -0.15) is 11.6 Å². The second kappa shape index (κ2) is 15.3. The van der Waals surface area contributed by atoms with E-state index >= 15 is 0 Å². The van der Waals surface area contributed by atoms with E-state index < -0.39 is 0 Å². The van der Waals surface area contributed by atoms with Crippen LogP contribution < -0.4 is 24.8 Å². The molecule has 0 N–H and O–H groups in total. The average Bonchev–Trinajstić information content (AvgIpc) is 3.76. The fourth-order valence-corrected chi connectivity index (χ4v) is 7.91. The SMILES string of the molecule is CC(C)(C)C1=CC(C)(C)c2cc3[cH-]c4cc5c(cc4c3cc21)C(C(C)(C)C)=CC5(C)C.CC(C)(C)C1=CC[C-]=C1.C[C](=[Zr+2])c1ccccc1.[Cl-].[Cl-]. The fraction of sp³-hybridized carbons (Fsp3) is 0.417. The van der Waals surface area contributed by atoms with E-state index in [0.29, 0.717) is 5.41 Å². The van der Waals surface area contributed by atoms with Gasteiger partial charge in [-0.3, -0.25) is 6.08 Å². The normalized spacial score (nSPS) is 16.7. The van der Waals surface area contributed by atoms with Gasteiger partial charge in [-0.1, -0.05) is 131 Å². The quantitative estimate of drug-likeness (QED) is 0.174. The van der Waals surface area contributed by atoms with Crippen molar-refractivity contribution in [2.75, 3.05) is 0 Å². The zero-order chi connectivity index (χ0) is 36.3. The molecule has 4 aromatic rings. The number of benzene rings is 3. The minimum atomic E-state index is 0. The number of fused-ring (bicyclic) bond motifs is 5. The van der Waals surface area contributed by atoms with Crippen molar-refractivity contribution in [2.45, 2.75) is 114 Å². The van der Waals surface area contributed by atoms with Crippen molar-refractivity contribution in [1.82, 2.24) is 0 Å². The third kappa shape index (κ3) is 9.14. The smallest absolute Gasteiger partial charge is 1.00 e. The molecule has 3 heteroatoms. The monoisotopic (exact) mass is 794 g/mol. The molecule has 0 spiro atoms. The molecule has 0 nitrogen and oxygen atoms in total. The molecular formula is C48H58Cl2Zr-2. The average molecular weight is 797 g/mol. The zero-order valence-corrected chi connectivity index (χ0v) is 37.5. The Hall–Kier alpha value is -2.18. The number of allylic oxidation sites excluding steroid dienone is 8. The third-order valence-electron chi connectivity index (χ3n) is 10.3. The van der Waals surface area contributed by atoms with Gasteiger partial charge in [-0.25, -0.2) is 6.08 Å². The van der Waals surface area contributed by atoms with Crippen molar-refractivity contribution in [1.29, 1.82) is 0 Å². The Morgan fingerprint density at radius 2 is 1.10 bits per heavy atom. The molecule has 3 aliphatic rings. The van der Waals surface area contributed by atoms with Crippen LogP contribution in [0.25, 0.3) is 32.7 Å². The van der Waals surface area contributed by atoms with Crippen LogP contribution in [0.3, 0.4) is 0 Å². The van der Waals surface area contributed by atoms with Crippen LogP contribution in [-0.4, -0.2) is 3.21 Å². The van der Waals surface area contributed by atoms with Crippen molar-refractivity contribution in [3.8, 4) is 0 Å². The Kier molecular flexibility index (Phi) is 13.0. The Morgan fingerprint density at radius 3 is 1.39 bits per heavy atom. The molecule has 0 heterocycles. The summed E-state index contributed by atoms with van der Waals surface area (Å²) in [5.41, 5.74) is 12.4. The van der Waals surface area contributed by atoms with Crippen LogP contribution in [0.1, 0.15) is 131 Å². The summed E-state index contributed by atoms with van der Waals surface area (Å²) in [5.74, 6) is 0. The van der Waals surface area contributed by atoms with Gasteiger partial charge in [0.1, 0.15) is 0 Å². The van der Waals surface area contributed by atoms with Crippen LogP contribution in [0.15, 0.2) is 90.5 Å². The molecule has 3 aliphatic carbocycles. The van der Waals surface area contributed by atoms with E-state index in [1.165, 1.54) is 93.5 Å². The van der Waals surface area contributed by atoms with E-state index in [-0.39, 0.29) is 46.5 Å². The summed E-state index contributed by atoms with van der Waals surface area (Å²) in [4.78, 5) is 0. The van der Waals surface area contributed by atoms with Gasteiger partial charge in [-0.15, -0.1) is 46.2 Å². The number of rotatable bonds is 1. The molecule has 0 saturated carbocycles. The van der Waals surface area contributed by atoms with Crippen LogP contribution in [0.5, 0.6) is 0 Å². The summed E-state index contributed by atoms with van der Waals surface area (Å²) in [7, 11) is 0. The second-order valence-electron chi connectivity index (χ2n) is 18.6. The first kappa shape index (κ1) is 43.2. The maximum atomic E-state index is 3.16. The van der Waals surface area contributed by atoms with Gasteiger partial charge in [0.25, 0.3) is 0 Å². The number of hydrogen-bond acceptors (Lipinski definition) is 0. The number of halogens is 2. The maximum Gasteiger partial charge on any atom is -1.00 e. The topological polar surface area (TPSA) is 0 Å². The summed E-state index contributed by atoms with van der Waals surface area (Å²) >= 11 is 1.51. The first-order chi connectivity index (χ1) is 22.5. The van der Waals surface area contributed by atoms with E-state index in [2.05, 4.69) is 182 Å². The van der Waals surface area contributed by atoms with E-state index in [1.54, 1.807) is 0 Å². The number of hydrogen-bond donors (Lipinski definition) is 0. The molecule has 7 rings (SSSR count). The molecule has 0 aliphatic heterocycles. The molecule has 270 valence electrons. The Bertz CT molecular complexity index is 1930. The van der Waals surface area contributed by atoms with Crippen molar-refractivity contribution in [3.05, 3.63) is 124 Å². The van der Waals surface area contributed by atoms with Gasteiger partial charge in [0.05, 0.1) is 0 Å². The summed E-state index contributed by atoms with van der Waals surface area (Å²) in [5, 5.41) is 5.58. The predicted molar refractivity (Wildman–Crippen MR) is 214 cm³/mol. The van der Waals surface area contributed by atoms with Crippen LogP contribution >= 0.6 is 0 Å². The van der Waals surface area contributed by atoms with E-state index in [0.717, 1.165) is 6.42 Å². The molecule has 0 unspecified atom stereocenters. The predicted octanol–water partition coefficient (Wildman–Crippen LogP) is 7.66. The molecule has 0 amide bonds. The Labute approximate surface area is 337 Å². The van der Waals surface area contributed by atoms with Crippen molar-refractivity contribution < 1.29 is 49.0 Å². The molecule has 51 heavy (non-hydrogen) atoms. The van der Waals surface area contributed by atoms with Gasteiger partial charge in [0, 0.05) is 10.8 Å². The molecule has 4 aromatic carbocycles. The van der Waals surface area contributed by atoms with E-state index in [1.807, 2.05) is 6.07 Å².